The first-order valence-corrected chi connectivity index (χ1v) is 7.11. The third-order valence-electron chi connectivity index (χ3n) is 3.36. The fraction of sp³-hybridized carbons (Fsp3) is 0.357. The van der Waals surface area contributed by atoms with Gasteiger partial charge in [-0.05, 0) is 12.1 Å². The summed E-state index contributed by atoms with van der Waals surface area (Å²) in [6.45, 7) is 3.47. The third-order valence-corrected chi connectivity index (χ3v) is 4.37. The van der Waals surface area contributed by atoms with Crippen molar-refractivity contribution in [2.45, 2.75) is 6.54 Å². The molecule has 4 nitrogen and oxygen atoms in total. The Balaban J connectivity index is 2.00. The molecule has 2 aromatic rings. The second-order valence-corrected chi connectivity index (χ2v) is 5.63. The highest BCUT2D eigenvalue weighted by Crippen LogP contribution is 2.28. The van der Waals surface area contributed by atoms with Gasteiger partial charge in [0, 0.05) is 29.7 Å². The quantitative estimate of drug-likeness (QED) is 0.909. The Morgan fingerprint density at radius 1 is 1.26 bits per heavy atom. The summed E-state index contributed by atoms with van der Waals surface area (Å²) in [6.07, 6.45) is 0. The normalized spacial score (nSPS) is 16.8. The third kappa shape index (κ3) is 2.49. The van der Waals surface area contributed by atoms with E-state index in [1.807, 2.05) is 24.3 Å². The van der Waals surface area contributed by atoms with E-state index < -0.39 is 0 Å². The van der Waals surface area contributed by atoms with Crippen LogP contribution in [0, 0.1) is 0 Å². The van der Waals surface area contributed by atoms with Crippen LogP contribution < -0.4 is 5.43 Å². The average Bonchev–Trinajstić information content (AvgIpc) is 2.45. The smallest absolute Gasteiger partial charge is 0.196 e. The van der Waals surface area contributed by atoms with Crippen LogP contribution in [0.4, 0.5) is 0 Å². The van der Waals surface area contributed by atoms with Crippen LogP contribution in [0.3, 0.4) is 0 Å². The zero-order valence-corrected chi connectivity index (χ0v) is 11.3. The lowest BCUT2D eigenvalue weighted by Gasteiger charge is -2.26. The topological polar surface area (TPSA) is 49.8 Å². The SMILES string of the molecule is O=c1c(CN2CCOCC2)c(O)sc2ccccc12. The maximum Gasteiger partial charge on any atom is 0.196 e. The molecule has 0 spiro atoms. The fourth-order valence-corrected chi connectivity index (χ4v) is 3.20. The van der Waals surface area contributed by atoms with Crippen LogP contribution in [-0.2, 0) is 11.3 Å². The summed E-state index contributed by atoms with van der Waals surface area (Å²) >= 11 is 1.27. The number of hydrogen-bond acceptors (Lipinski definition) is 5. The highest BCUT2D eigenvalue weighted by Gasteiger charge is 2.17. The molecule has 1 aliphatic rings. The number of aromatic hydroxyl groups is 1. The molecule has 5 heteroatoms. The lowest BCUT2D eigenvalue weighted by Crippen LogP contribution is -2.36. The molecule has 1 aliphatic heterocycles. The van der Waals surface area contributed by atoms with Crippen LogP contribution in [0.25, 0.3) is 10.1 Å². The first-order chi connectivity index (χ1) is 9.25. The number of hydrogen-bond donors (Lipinski definition) is 1. The molecule has 19 heavy (non-hydrogen) atoms. The first kappa shape index (κ1) is 12.6. The van der Waals surface area contributed by atoms with Crippen molar-refractivity contribution in [2.24, 2.45) is 0 Å². The Hall–Kier alpha value is -1.43. The van der Waals surface area contributed by atoms with Crippen molar-refractivity contribution in [1.82, 2.24) is 4.90 Å². The minimum Gasteiger partial charge on any atom is -0.499 e. The van der Waals surface area contributed by atoms with Crippen molar-refractivity contribution in [3.8, 4) is 5.06 Å². The predicted molar refractivity (Wildman–Crippen MR) is 75.9 cm³/mol. The molecular formula is C14H15NO3S. The van der Waals surface area contributed by atoms with Gasteiger partial charge in [0.25, 0.3) is 0 Å². The molecule has 0 saturated carbocycles. The summed E-state index contributed by atoms with van der Waals surface area (Å²) in [7, 11) is 0. The molecule has 2 heterocycles. The van der Waals surface area contributed by atoms with E-state index in [9.17, 15) is 9.90 Å². The van der Waals surface area contributed by atoms with Gasteiger partial charge in [0.1, 0.15) is 0 Å². The van der Waals surface area contributed by atoms with Gasteiger partial charge in [0.05, 0.1) is 18.8 Å². The van der Waals surface area contributed by atoms with Gasteiger partial charge in [0.15, 0.2) is 10.5 Å². The molecule has 0 radical (unpaired) electrons. The highest BCUT2D eigenvalue weighted by atomic mass is 32.1. The van der Waals surface area contributed by atoms with Crippen LogP contribution >= 0.6 is 11.3 Å². The Morgan fingerprint density at radius 3 is 2.79 bits per heavy atom. The van der Waals surface area contributed by atoms with Gasteiger partial charge in [0.2, 0.25) is 0 Å². The van der Waals surface area contributed by atoms with Crippen LogP contribution in [0.5, 0.6) is 5.06 Å². The minimum absolute atomic E-state index is 0.0571. The molecule has 1 fully saturated rings. The van der Waals surface area contributed by atoms with Gasteiger partial charge in [-0.3, -0.25) is 9.69 Å². The lowest BCUT2D eigenvalue weighted by atomic mass is 10.2. The van der Waals surface area contributed by atoms with Crippen molar-refractivity contribution in [3.05, 3.63) is 40.1 Å². The summed E-state index contributed by atoms with van der Waals surface area (Å²) in [6, 6.07) is 7.40. The Labute approximate surface area is 114 Å². The molecule has 0 amide bonds. The molecule has 0 bridgehead atoms. The van der Waals surface area contributed by atoms with E-state index in [0.29, 0.717) is 30.7 Å². The van der Waals surface area contributed by atoms with Gasteiger partial charge in [-0.2, -0.15) is 0 Å². The maximum atomic E-state index is 12.4. The summed E-state index contributed by atoms with van der Waals surface area (Å²) < 4.78 is 6.12. The number of benzene rings is 1. The van der Waals surface area contributed by atoms with Crippen LogP contribution in [0.15, 0.2) is 29.1 Å². The van der Waals surface area contributed by atoms with E-state index in [-0.39, 0.29) is 10.5 Å². The van der Waals surface area contributed by atoms with Gasteiger partial charge in [-0.15, -0.1) is 0 Å². The summed E-state index contributed by atoms with van der Waals surface area (Å²) in [5.41, 5.74) is 0.448. The molecule has 3 rings (SSSR count). The molecule has 1 N–H and O–H groups in total. The summed E-state index contributed by atoms with van der Waals surface area (Å²) in [4.78, 5) is 14.6. The Bertz CT molecular complexity index is 647. The van der Waals surface area contributed by atoms with Crippen molar-refractivity contribution in [1.29, 1.82) is 0 Å². The van der Waals surface area contributed by atoms with E-state index in [4.69, 9.17) is 4.74 Å². The second kappa shape index (κ2) is 5.28. The van der Waals surface area contributed by atoms with Crippen LogP contribution in [-0.4, -0.2) is 36.3 Å². The number of ether oxygens (including phenoxy) is 1. The summed E-state index contributed by atoms with van der Waals surface area (Å²) in [5.74, 6) is 0. The molecule has 0 unspecified atom stereocenters. The van der Waals surface area contributed by atoms with Crippen LogP contribution in [0.1, 0.15) is 5.56 Å². The fourth-order valence-electron chi connectivity index (χ4n) is 2.29. The lowest BCUT2D eigenvalue weighted by molar-refractivity contribution is 0.0338. The zero-order chi connectivity index (χ0) is 13.2. The van der Waals surface area contributed by atoms with Crippen molar-refractivity contribution < 1.29 is 9.84 Å². The minimum atomic E-state index is -0.0571. The number of fused-ring (bicyclic) bond motifs is 1. The van der Waals surface area contributed by atoms with E-state index in [1.54, 1.807) is 0 Å². The summed E-state index contributed by atoms with van der Waals surface area (Å²) in [5, 5.41) is 10.9. The largest absolute Gasteiger partial charge is 0.499 e. The number of nitrogens with zero attached hydrogens (tertiary/aromatic N) is 1. The standard InChI is InChI=1S/C14H15NO3S/c16-13-10-3-1-2-4-12(10)19-14(17)11(13)9-15-5-7-18-8-6-15/h1-4,17H,5-9H2. The zero-order valence-electron chi connectivity index (χ0n) is 10.5. The maximum absolute atomic E-state index is 12.4. The molecule has 1 aromatic carbocycles. The molecule has 0 atom stereocenters. The second-order valence-electron chi connectivity index (χ2n) is 4.60. The average molecular weight is 277 g/mol. The van der Waals surface area contributed by atoms with Crippen molar-refractivity contribution in [3.63, 3.8) is 0 Å². The molecular weight excluding hydrogens is 262 g/mol. The van der Waals surface area contributed by atoms with Crippen molar-refractivity contribution >= 4 is 21.4 Å². The van der Waals surface area contributed by atoms with Gasteiger partial charge < -0.3 is 9.84 Å². The molecule has 1 saturated heterocycles. The van der Waals surface area contributed by atoms with E-state index in [0.717, 1.165) is 17.8 Å². The van der Waals surface area contributed by atoms with Gasteiger partial charge in [-0.1, -0.05) is 23.5 Å². The Morgan fingerprint density at radius 2 is 2.00 bits per heavy atom. The monoisotopic (exact) mass is 277 g/mol. The van der Waals surface area contributed by atoms with Gasteiger partial charge >= 0.3 is 0 Å². The van der Waals surface area contributed by atoms with E-state index in [1.165, 1.54) is 11.3 Å². The highest BCUT2D eigenvalue weighted by molar-refractivity contribution is 7.20. The Kier molecular flexibility index (Phi) is 3.50. The first-order valence-electron chi connectivity index (χ1n) is 6.29. The van der Waals surface area contributed by atoms with E-state index >= 15 is 0 Å². The van der Waals surface area contributed by atoms with Crippen LogP contribution in [0.2, 0.25) is 0 Å². The molecule has 0 aliphatic carbocycles. The molecule has 100 valence electrons. The number of morpholine rings is 1. The van der Waals surface area contributed by atoms with Crippen molar-refractivity contribution in [2.75, 3.05) is 26.3 Å². The number of rotatable bonds is 2. The van der Waals surface area contributed by atoms with E-state index in [2.05, 4.69) is 4.90 Å². The van der Waals surface area contributed by atoms with Gasteiger partial charge in [-0.25, -0.2) is 0 Å². The molecule has 1 aromatic heterocycles. The predicted octanol–water partition coefficient (Wildman–Crippen LogP) is 1.80.